The number of anilines is 1. The summed E-state index contributed by atoms with van der Waals surface area (Å²) in [5.74, 6) is 1.79. The molecule has 2 atom stereocenters. The molecule has 0 aliphatic carbocycles. The third kappa shape index (κ3) is 5.26. The minimum Gasteiger partial charge on any atom is -0.481 e. The quantitative estimate of drug-likeness (QED) is 0.491. The van der Waals surface area contributed by atoms with Crippen molar-refractivity contribution < 1.29 is 9.53 Å². The zero-order valence-corrected chi connectivity index (χ0v) is 19.5. The molecule has 3 aromatic heterocycles. The van der Waals surface area contributed by atoms with E-state index in [1.165, 1.54) is 17.3 Å². The fourth-order valence-electron chi connectivity index (χ4n) is 4.39. The van der Waals surface area contributed by atoms with Crippen LogP contribution < -0.4 is 20.7 Å². The number of hydrogen-bond acceptors (Lipinski definition) is 8. The molecule has 9 heteroatoms. The van der Waals surface area contributed by atoms with Gasteiger partial charge in [0.05, 0.1) is 34.5 Å². The lowest BCUT2D eigenvalue weighted by Gasteiger charge is -2.30. The smallest absolute Gasteiger partial charge is 0.235 e. The standard InChI is InChI=1S/C24H28N6O2S/c1-32-22-9-7-19-23(30-22)15(10-11-25-19)2-3-16-4-5-17(12-26-16)27-13-18-6-8-20-24(28-18)29-21(31)14-33-20/h6-11,16-17,26-27H,2-5,12-14H2,1H3,(H,28,29,31)/t16-,17-/m0/s1. The molecule has 3 aromatic rings. The summed E-state index contributed by atoms with van der Waals surface area (Å²) in [5, 5.41) is 10.2. The van der Waals surface area contributed by atoms with Crippen LogP contribution in [0.25, 0.3) is 11.0 Å². The van der Waals surface area contributed by atoms with Gasteiger partial charge in [-0.05, 0) is 55.5 Å². The summed E-state index contributed by atoms with van der Waals surface area (Å²) >= 11 is 1.54. The van der Waals surface area contributed by atoms with Crippen LogP contribution in [0.2, 0.25) is 0 Å². The summed E-state index contributed by atoms with van der Waals surface area (Å²) in [7, 11) is 1.64. The van der Waals surface area contributed by atoms with Gasteiger partial charge in [0.15, 0.2) is 0 Å². The van der Waals surface area contributed by atoms with Crippen LogP contribution in [0.5, 0.6) is 5.88 Å². The number of aryl methyl sites for hydroxylation is 1. The van der Waals surface area contributed by atoms with Crippen molar-refractivity contribution in [3.8, 4) is 5.88 Å². The van der Waals surface area contributed by atoms with E-state index in [4.69, 9.17) is 4.74 Å². The molecule has 3 N–H and O–H groups in total. The zero-order valence-electron chi connectivity index (χ0n) is 18.6. The van der Waals surface area contributed by atoms with E-state index < -0.39 is 0 Å². The maximum Gasteiger partial charge on any atom is 0.235 e. The highest BCUT2D eigenvalue weighted by molar-refractivity contribution is 8.00. The average molecular weight is 465 g/mol. The molecular weight excluding hydrogens is 436 g/mol. The molecule has 33 heavy (non-hydrogen) atoms. The maximum atomic E-state index is 11.6. The van der Waals surface area contributed by atoms with Crippen LogP contribution in [-0.2, 0) is 17.8 Å². The Labute approximate surface area is 197 Å². The number of carbonyl (C=O) groups excluding carboxylic acids is 1. The number of piperidine rings is 1. The van der Waals surface area contributed by atoms with Crippen molar-refractivity contribution in [2.24, 2.45) is 0 Å². The number of carbonyl (C=O) groups is 1. The number of fused-ring (bicyclic) bond motifs is 2. The molecule has 1 amide bonds. The predicted molar refractivity (Wildman–Crippen MR) is 130 cm³/mol. The first-order chi connectivity index (χ1) is 16.2. The van der Waals surface area contributed by atoms with Crippen molar-refractivity contribution in [1.29, 1.82) is 0 Å². The van der Waals surface area contributed by atoms with Crippen LogP contribution in [0.1, 0.15) is 30.5 Å². The first-order valence-corrected chi connectivity index (χ1v) is 12.3. The number of nitrogens with zero attached hydrogens (tertiary/aromatic N) is 3. The fraction of sp³-hybridized carbons (Fsp3) is 0.417. The van der Waals surface area contributed by atoms with Crippen molar-refractivity contribution >= 4 is 34.5 Å². The van der Waals surface area contributed by atoms with Crippen molar-refractivity contribution in [1.82, 2.24) is 25.6 Å². The topological polar surface area (TPSA) is 101 Å². The van der Waals surface area contributed by atoms with Gasteiger partial charge in [-0.3, -0.25) is 9.78 Å². The first kappa shape index (κ1) is 22.1. The molecule has 1 saturated heterocycles. The van der Waals surface area contributed by atoms with E-state index >= 15 is 0 Å². The van der Waals surface area contributed by atoms with E-state index in [2.05, 4.69) is 37.0 Å². The van der Waals surface area contributed by atoms with Gasteiger partial charge in [0.2, 0.25) is 11.8 Å². The Hall–Kier alpha value is -2.75. The highest BCUT2D eigenvalue weighted by Crippen LogP contribution is 2.29. The average Bonchev–Trinajstić information content (AvgIpc) is 2.86. The van der Waals surface area contributed by atoms with Crippen molar-refractivity contribution in [3.05, 3.63) is 47.8 Å². The van der Waals surface area contributed by atoms with Crippen LogP contribution >= 0.6 is 11.8 Å². The molecule has 0 radical (unpaired) electrons. The summed E-state index contributed by atoms with van der Waals surface area (Å²) in [5.41, 5.74) is 4.00. The Bertz CT molecular complexity index is 1150. The molecule has 5 heterocycles. The highest BCUT2D eigenvalue weighted by atomic mass is 32.2. The molecule has 0 aromatic carbocycles. The number of hydrogen-bond donors (Lipinski definition) is 3. The molecule has 2 aliphatic heterocycles. The number of thioether (sulfide) groups is 1. The number of rotatable bonds is 7. The van der Waals surface area contributed by atoms with Crippen LogP contribution in [0.15, 0.2) is 41.4 Å². The Morgan fingerprint density at radius 2 is 2.12 bits per heavy atom. The lowest BCUT2D eigenvalue weighted by Crippen LogP contribution is -2.47. The van der Waals surface area contributed by atoms with E-state index in [1.54, 1.807) is 7.11 Å². The Balaban J connectivity index is 1.11. The molecular formula is C24H28N6O2S. The molecule has 0 saturated carbocycles. The van der Waals surface area contributed by atoms with E-state index in [9.17, 15) is 4.79 Å². The van der Waals surface area contributed by atoms with E-state index in [1.807, 2.05) is 30.5 Å². The third-order valence-electron chi connectivity index (χ3n) is 6.23. The van der Waals surface area contributed by atoms with Gasteiger partial charge in [-0.1, -0.05) is 0 Å². The summed E-state index contributed by atoms with van der Waals surface area (Å²) < 4.78 is 5.29. The normalized spacial score (nSPS) is 20.3. The lowest BCUT2D eigenvalue weighted by molar-refractivity contribution is -0.113. The van der Waals surface area contributed by atoms with E-state index in [-0.39, 0.29) is 5.91 Å². The second-order valence-corrected chi connectivity index (χ2v) is 9.49. The molecule has 0 bridgehead atoms. The number of methoxy groups -OCH3 is 1. The maximum absolute atomic E-state index is 11.6. The number of amides is 1. The van der Waals surface area contributed by atoms with Crippen molar-refractivity contribution in [3.63, 3.8) is 0 Å². The summed E-state index contributed by atoms with van der Waals surface area (Å²) in [6, 6.07) is 10.9. The number of aromatic nitrogens is 3. The highest BCUT2D eigenvalue weighted by Gasteiger charge is 2.21. The van der Waals surface area contributed by atoms with Gasteiger partial charge in [-0.25, -0.2) is 9.97 Å². The van der Waals surface area contributed by atoms with Crippen molar-refractivity contribution in [2.75, 3.05) is 24.7 Å². The Kier molecular flexibility index (Phi) is 6.70. The van der Waals surface area contributed by atoms with Crippen LogP contribution in [-0.4, -0.2) is 52.4 Å². The fourth-order valence-corrected chi connectivity index (χ4v) is 5.15. The van der Waals surface area contributed by atoms with E-state index in [0.29, 0.717) is 36.1 Å². The van der Waals surface area contributed by atoms with Crippen LogP contribution in [0, 0.1) is 0 Å². The molecule has 2 aliphatic rings. The molecule has 5 rings (SSSR count). The zero-order chi connectivity index (χ0) is 22.6. The molecule has 0 spiro atoms. The number of pyridine rings is 3. The summed E-state index contributed by atoms with van der Waals surface area (Å²) in [4.78, 5) is 26.3. The van der Waals surface area contributed by atoms with Crippen LogP contribution in [0.4, 0.5) is 5.82 Å². The summed E-state index contributed by atoms with van der Waals surface area (Å²) in [6.45, 7) is 1.63. The first-order valence-electron chi connectivity index (χ1n) is 11.4. The predicted octanol–water partition coefficient (Wildman–Crippen LogP) is 2.92. The number of ether oxygens (including phenoxy) is 1. The monoisotopic (exact) mass is 464 g/mol. The van der Waals surface area contributed by atoms with Gasteiger partial charge in [-0.2, -0.15) is 0 Å². The minimum atomic E-state index is 0.0160. The van der Waals surface area contributed by atoms with Gasteiger partial charge in [0.1, 0.15) is 5.82 Å². The summed E-state index contributed by atoms with van der Waals surface area (Å²) in [6.07, 6.45) is 6.13. The van der Waals surface area contributed by atoms with Gasteiger partial charge in [-0.15, -0.1) is 11.8 Å². The van der Waals surface area contributed by atoms with Gasteiger partial charge >= 0.3 is 0 Å². The molecule has 0 unspecified atom stereocenters. The van der Waals surface area contributed by atoms with Crippen LogP contribution in [0.3, 0.4) is 0 Å². The largest absolute Gasteiger partial charge is 0.481 e. The number of nitrogens with one attached hydrogen (secondary N) is 3. The van der Waals surface area contributed by atoms with Gasteiger partial charge < -0.3 is 20.7 Å². The van der Waals surface area contributed by atoms with Crippen molar-refractivity contribution in [2.45, 2.75) is 49.2 Å². The van der Waals surface area contributed by atoms with Gasteiger partial charge in [0, 0.05) is 37.4 Å². The van der Waals surface area contributed by atoms with E-state index in [0.717, 1.165) is 53.9 Å². The third-order valence-corrected chi connectivity index (χ3v) is 7.28. The molecule has 172 valence electrons. The minimum absolute atomic E-state index is 0.0160. The molecule has 8 nitrogen and oxygen atoms in total. The SMILES string of the molecule is COc1ccc2nccc(CC[C@H]3CC[C@H](NCc4ccc5c(n4)NC(=O)CS5)CN3)c2n1. The lowest BCUT2D eigenvalue weighted by atomic mass is 9.95. The Morgan fingerprint density at radius 3 is 2.97 bits per heavy atom. The Morgan fingerprint density at radius 1 is 1.18 bits per heavy atom. The second-order valence-electron chi connectivity index (χ2n) is 8.48. The van der Waals surface area contributed by atoms with Gasteiger partial charge in [0.25, 0.3) is 0 Å². The second kappa shape index (κ2) is 10.0. The molecule has 1 fully saturated rings.